The van der Waals surface area contributed by atoms with Gasteiger partial charge in [0, 0.05) is 11.5 Å². The second kappa shape index (κ2) is 6.18. The first-order valence-corrected chi connectivity index (χ1v) is 5.53. The van der Waals surface area contributed by atoms with Crippen molar-refractivity contribution in [3.8, 4) is 0 Å². The third kappa shape index (κ3) is 2.88. The lowest BCUT2D eigenvalue weighted by Gasteiger charge is -2.30. The van der Waals surface area contributed by atoms with Gasteiger partial charge in [-0.25, -0.2) is 4.79 Å². The average Bonchev–Trinajstić information content (AvgIpc) is 2.38. The molecule has 0 bridgehead atoms. The van der Waals surface area contributed by atoms with E-state index in [0.717, 1.165) is 0 Å². The maximum absolute atomic E-state index is 11.6. The fraction of sp³-hybridized carbons (Fsp3) is 0.583. The van der Waals surface area contributed by atoms with Crippen molar-refractivity contribution in [2.45, 2.75) is 13.3 Å². The van der Waals surface area contributed by atoms with Gasteiger partial charge in [0.15, 0.2) is 0 Å². The van der Waals surface area contributed by atoms with Crippen LogP contribution in [0.2, 0.25) is 0 Å². The smallest absolute Gasteiger partial charge is 0.334 e. The van der Waals surface area contributed by atoms with Crippen LogP contribution in [0.25, 0.3) is 0 Å². The van der Waals surface area contributed by atoms with Crippen LogP contribution in [0.5, 0.6) is 0 Å². The summed E-state index contributed by atoms with van der Waals surface area (Å²) < 4.78 is 14.1. The summed E-state index contributed by atoms with van der Waals surface area (Å²) in [5.74, 6) is -2.72. The fourth-order valence-electron chi connectivity index (χ4n) is 1.96. The molecule has 0 aliphatic carbocycles. The molecule has 0 aromatic rings. The first-order valence-electron chi connectivity index (χ1n) is 5.53. The van der Waals surface area contributed by atoms with Crippen LogP contribution < -0.4 is 0 Å². The van der Waals surface area contributed by atoms with Gasteiger partial charge in [-0.05, 0) is 6.92 Å². The monoisotopic (exact) mass is 256 g/mol. The minimum Gasteiger partial charge on any atom is -0.469 e. The molecule has 6 heteroatoms. The van der Waals surface area contributed by atoms with Gasteiger partial charge in [-0.1, -0.05) is 6.08 Å². The van der Waals surface area contributed by atoms with Gasteiger partial charge < -0.3 is 14.2 Å². The summed E-state index contributed by atoms with van der Waals surface area (Å²) in [5.41, 5.74) is 0.307. The third-order valence-corrected chi connectivity index (χ3v) is 2.94. The molecule has 0 N–H and O–H groups in total. The van der Waals surface area contributed by atoms with E-state index in [1.807, 2.05) is 0 Å². The van der Waals surface area contributed by atoms with E-state index < -0.39 is 29.7 Å². The molecule has 18 heavy (non-hydrogen) atoms. The molecule has 1 rings (SSSR count). The van der Waals surface area contributed by atoms with Crippen LogP contribution in [-0.2, 0) is 28.6 Å². The molecular formula is C12H16O6. The summed E-state index contributed by atoms with van der Waals surface area (Å²) in [4.78, 5) is 34.5. The Morgan fingerprint density at radius 2 is 2.06 bits per heavy atom. The highest BCUT2D eigenvalue weighted by molar-refractivity contribution is 5.93. The van der Waals surface area contributed by atoms with E-state index in [1.165, 1.54) is 14.2 Å². The van der Waals surface area contributed by atoms with Gasteiger partial charge in [0.1, 0.15) is 6.61 Å². The van der Waals surface area contributed by atoms with Crippen molar-refractivity contribution in [1.29, 1.82) is 0 Å². The number of hydrogen-bond donors (Lipinski definition) is 0. The van der Waals surface area contributed by atoms with Crippen molar-refractivity contribution >= 4 is 17.9 Å². The summed E-state index contributed by atoms with van der Waals surface area (Å²) >= 11 is 0. The van der Waals surface area contributed by atoms with Crippen LogP contribution in [0.4, 0.5) is 0 Å². The highest BCUT2D eigenvalue weighted by atomic mass is 16.5. The lowest BCUT2D eigenvalue weighted by atomic mass is 9.81. The van der Waals surface area contributed by atoms with Crippen molar-refractivity contribution in [1.82, 2.24) is 0 Å². The number of carbonyl (C=O) groups is 3. The van der Waals surface area contributed by atoms with Crippen LogP contribution >= 0.6 is 0 Å². The average molecular weight is 256 g/mol. The van der Waals surface area contributed by atoms with Gasteiger partial charge in [0.25, 0.3) is 0 Å². The van der Waals surface area contributed by atoms with Crippen LogP contribution in [0.15, 0.2) is 11.6 Å². The van der Waals surface area contributed by atoms with Gasteiger partial charge in [-0.2, -0.15) is 0 Å². The van der Waals surface area contributed by atoms with Crippen LogP contribution in [0.1, 0.15) is 13.3 Å². The lowest BCUT2D eigenvalue weighted by molar-refractivity contribution is -0.159. The molecule has 0 aromatic carbocycles. The largest absolute Gasteiger partial charge is 0.469 e. The standard InChI is InChI=1S/C12H16O6/c1-4-7-8(5-10(13)16-2)9(11(14)17-3)6-18-12(7)15/h4,8-9H,5-6H2,1-3H3/b7-4-/t8-,9-/m1/s1. The molecule has 0 unspecified atom stereocenters. The predicted octanol–water partition coefficient (Wildman–Crippen LogP) is 0.458. The Morgan fingerprint density at radius 3 is 2.56 bits per heavy atom. The van der Waals surface area contributed by atoms with E-state index in [9.17, 15) is 14.4 Å². The Labute approximate surface area is 105 Å². The van der Waals surface area contributed by atoms with Crippen molar-refractivity contribution in [3.63, 3.8) is 0 Å². The predicted molar refractivity (Wildman–Crippen MR) is 60.3 cm³/mol. The normalized spacial score (nSPS) is 25.5. The molecule has 1 heterocycles. The first-order chi connectivity index (χ1) is 8.54. The molecule has 100 valence electrons. The number of esters is 3. The Hall–Kier alpha value is -1.85. The topological polar surface area (TPSA) is 78.9 Å². The Kier molecular flexibility index (Phi) is 4.88. The molecule has 0 radical (unpaired) electrons. The lowest BCUT2D eigenvalue weighted by Crippen LogP contribution is -2.39. The van der Waals surface area contributed by atoms with E-state index in [0.29, 0.717) is 5.57 Å². The SMILES string of the molecule is C/C=C1\C(=O)OC[C@@H](C(=O)OC)[C@@H]1CC(=O)OC. The Morgan fingerprint density at radius 1 is 1.39 bits per heavy atom. The van der Waals surface area contributed by atoms with Crippen molar-refractivity contribution in [2.24, 2.45) is 11.8 Å². The van der Waals surface area contributed by atoms with Gasteiger partial charge in [0.05, 0.1) is 26.6 Å². The number of ether oxygens (including phenoxy) is 3. The third-order valence-electron chi connectivity index (χ3n) is 2.94. The second-order valence-corrected chi connectivity index (χ2v) is 3.86. The summed E-state index contributed by atoms with van der Waals surface area (Å²) in [6.45, 7) is 1.57. The number of rotatable bonds is 3. The molecule has 0 spiro atoms. The van der Waals surface area contributed by atoms with Crippen LogP contribution in [0.3, 0.4) is 0 Å². The highest BCUT2D eigenvalue weighted by Crippen LogP contribution is 2.31. The number of cyclic esters (lactones) is 1. The summed E-state index contributed by atoms with van der Waals surface area (Å²) in [5, 5.41) is 0. The highest BCUT2D eigenvalue weighted by Gasteiger charge is 2.41. The van der Waals surface area contributed by atoms with E-state index in [1.54, 1.807) is 13.0 Å². The zero-order chi connectivity index (χ0) is 13.7. The second-order valence-electron chi connectivity index (χ2n) is 3.86. The number of hydrogen-bond acceptors (Lipinski definition) is 6. The molecular weight excluding hydrogens is 240 g/mol. The summed E-state index contributed by atoms with van der Waals surface area (Å²) in [6, 6.07) is 0. The molecule has 1 aliphatic heterocycles. The van der Waals surface area contributed by atoms with Crippen molar-refractivity contribution in [3.05, 3.63) is 11.6 Å². The van der Waals surface area contributed by atoms with E-state index in [4.69, 9.17) is 4.74 Å². The molecule has 2 atom stereocenters. The zero-order valence-corrected chi connectivity index (χ0v) is 10.6. The summed E-state index contributed by atoms with van der Waals surface area (Å²) in [7, 11) is 2.51. The Bertz CT molecular complexity index is 384. The zero-order valence-electron chi connectivity index (χ0n) is 10.6. The first kappa shape index (κ1) is 14.2. The van der Waals surface area contributed by atoms with Crippen molar-refractivity contribution in [2.75, 3.05) is 20.8 Å². The van der Waals surface area contributed by atoms with E-state index >= 15 is 0 Å². The number of allylic oxidation sites excluding steroid dienone is 1. The molecule has 1 aliphatic rings. The molecule has 6 nitrogen and oxygen atoms in total. The van der Waals surface area contributed by atoms with Crippen molar-refractivity contribution < 1.29 is 28.6 Å². The minimum absolute atomic E-state index is 0.0506. The van der Waals surface area contributed by atoms with Gasteiger partial charge >= 0.3 is 17.9 Å². The van der Waals surface area contributed by atoms with Crippen LogP contribution in [0, 0.1) is 11.8 Å². The van der Waals surface area contributed by atoms with E-state index in [2.05, 4.69) is 9.47 Å². The van der Waals surface area contributed by atoms with Crippen LogP contribution in [-0.4, -0.2) is 38.7 Å². The molecule has 0 saturated carbocycles. The summed E-state index contributed by atoms with van der Waals surface area (Å²) in [6.07, 6.45) is 1.50. The number of methoxy groups -OCH3 is 2. The number of carbonyl (C=O) groups excluding carboxylic acids is 3. The molecule has 1 saturated heterocycles. The van der Waals surface area contributed by atoms with Gasteiger partial charge in [0.2, 0.25) is 0 Å². The molecule has 1 fully saturated rings. The van der Waals surface area contributed by atoms with Gasteiger partial charge in [-0.15, -0.1) is 0 Å². The minimum atomic E-state index is -0.669. The maximum atomic E-state index is 11.6. The quantitative estimate of drug-likeness (QED) is 0.414. The maximum Gasteiger partial charge on any atom is 0.334 e. The molecule has 0 aromatic heterocycles. The van der Waals surface area contributed by atoms with E-state index in [-0.39, 0.29) is 13.0 Å². The fourth-order valence-corrected chi connectivity index (χ4v) is 1.96. The van der Waals surface area contributed by atoms with Gasteiger partial charge in [-0.3, -0.25) is 9.59 Å². The Balaban J connectivity index is 2.99. The molecule has 0 amide bonds.